The number of benzene rings is 1. The smallest absolute Gasteiger partial charge is 0.407 e. The van der Waals surface area contributed by atoms with Crippen LogP contribution in [0.1, 0.15) is 57.6 Å². The van der Waals surface area contributed by atoms with Crippen molar-refractivity contribution in [3.05, 3.63) is 41.5 Å². The van der Waals surface area contributed by atoms with Gasteiger partial charge in [0.2, 0.25) is 0 Å². The number of hydrogen-bond acceptors (Lipinski definition) is 3. The van der Waals surface area contributed by atoms with Gasteiger partial charge in [-0.05, 0) is 75.3 Å². The van der Waals surface area contributed by atoms with E-state index >= 15 is 0 Å². The highest BCUT2D eigenvalue weighted by atomic mass is 16.6. The Bertz CT molecular complexity index is 710. The zero-order valence-corrected chi connectivity index (χ0v) is 15.4. The molecule has 2 aliphatic rings. The number of rotatable bonds is 3. The van der Waals surface area contributed by atoms with Crippen LogP contribution in [0.15, 0.2) is 30.4 Å². The number of hydrogen-bond donors (Lipinski definition) is 1. The Morgan fingerprint density at radius 2 is 2.08 bits per heavy atom. The zero-order chi connectivity index (χ0) is 17.9. The van der Waals surface area contributed by atoms with Crippen LogP contribution < -0.4 is 10.1 Å². The molecule has 4 nitrogen and oxygen atoms in total. The number of amides is 1. The second-order valence-corrected chi connectivity index (χ2v) is 7.58. The summed E-state index contributed by atoms with van der Waals surface area (Å²) in [6.07, 6.45) is 8.81. The molecule has 0 atom stereocenters. The molecule has 0 fully saturated rings. The fourth-order valence-electron chi connectivity index (χ4n) is 3.20. The summed E-state index contributed by atoms with van der Waals surface area (Å²) < 4.78 is 11.1. The molecule has 0 unspecified atom stereocenters. The maximum Gasteiger partial charge on any atom is 0.407 e. The topological polar surface area (TPSA) is 47.6 Å². The van der Waals surface area contributed by atoms with E-state index in [2.05, 4.69) is 29.6 Å². The molecule has 1 heterocycles. The molecule has 0 radical (unpaired) electrons. The van der Waals surface area contributed by atoms with Gasteiger partial charge < -0.3 is 14.8 Å². The summed E-state index contributed by atoms with van der Waals surface area (Å²) in [5.74, 6) is 0.896. The minimum Gasteiger partial charge on any atom is -0.489 e. The molecule has 0 saturated heterocycles. The van der Waals surface area contributed by atoms with Gasteiger partial charge >= 0.3 is 6.09 Å². The third-order valence-electron chi connectivity index (χ3n) is 4.38. The Hall–Kier alpha value is -2.23. The van der Waals surface area contributed by atoms with Crippen molar-refractivity contribution < 1.29 is 14.3 Å². The van der Waals surface area contributed by atoms with Crippen molar-refractivity contribution >= 4 is 17.2 Å². The van der Waals surface area contributed by atoms with Crippen molar-refractivity contribution in [1.82, 2.24) is 5.32 Å². The molecule has 134 valence electrons. The van der Waals surface area contributed by atoms with Gasteiger partial charge in [0.15, 0.2) is 0 Å². The minimum absolute atomic E-state index is 0.398. The molecular formula is C21H27NO3. The van der Waals surface area contributed by atoms with E-state index in [0.717, 1.165) is 29.7 Å². The van der Waals surface area contributed by atoms with Crippen LogP contribution in [0.4, 0.5) is 4.79 Å². The van der Waals surface area contributed by atoms with E-state index in [9.17, 15) is 4.79 Å². The lowest BCUT2D eigenvalue weighted by molar-refractivity contribution is 0.0535. The van der Waals surface area contributed by atoms with Crippen molar-refractivity contribution in [1.29, 1.82) is 0 Å². The predicted molar refractivity (Wildman–Crippen MR) is 101 cm³/mol. The Labute approximate surface area is 149 Å². The van der Waals surface area contributed by atoms with Gasteiger partial charge in [0.25, 0.3) is 0 Å². The van der Waals surface area contributed by atoms with Crippen molar-refractivity contribution in [2.75, 3.05) is 13.2 Å². The Kier molecular flexibility index (Phi) is 5.16. The van der Waals surface area contributed by atoms with Crippen LogP contribution >= 0.6 is 0 Å². The van der Waals surface area contributed by atoms with Crippen LogP contribution in [-0.2, 0) is 4.74 Å². The molecule has 0 spiro atoms. The van der Waals surface area contributed by atoms with E-state index in [4.69, 9.17) is 9.47 Å². The van der Waals surface area contributed by atoms with E-state index in [1.165, 1.54) is 24.0 Å². The van der Waals surface area contributed by atoms with Crippen molar-refractivity contribution in [3.8, 4) is 5.75 Å². The first-order valence-electron chi connectivity index (χ1n) is 9.05. The van der Waals surface area contributed by atoms with Crippen LogP contribution in [0.25, 0.3) is 11.1 Å². The van der Waals surface area contributed by atoms with Gasteiger partial charge in [0.05, 0.1) is 0 Å². The van der Waals surface area contributed by atoms with E-state index in [1.54, 1.807) is 0 Å². The van der Waals surface area contributed by atoms with Gasteiger partial charge in [-0.25, -0.2) is 4.79 Å². The van der Waals surface area contributed by atoms with Gasteiger partial charge in [0.1, 0.15) is 18.0 Å². The fraction of sp³-hybridized carbons (Fsp3) is 0.476. The van der Waals surface area contributed by atoms with Crippen LogP contribution in [-0.4, -0.2) is 24.8 Å². The van der Waals surface area contributed by atoms with E-state index in [0.29, 0.717) is 13.2 Å². The normalized spacial score (nSPS) is 16.9. The Morgan fingerprint density at radius 3 is 2.80 bits per heavy atom. The lowest BCUT2D eigenvalue weighted by atomic mass is 9.91. The third-order valence-corrected chi connectivity index (χ3v) is 4.38. The number of alkyl carbamates (subject to hydrolysis) is 1. The molecule has 1 aliphatic heterocycles. The molecule has 1 amide bonds. The highest BCUT2D eigenvalue weighted by molar-refractivity contribution is 5.79. The molecule has 0 bridgehead atoms. The van der Waals surface area contributed by atoms with Gasteiger partial charge in [-0.2, -0.15) is 0 Å². The number of nitrogens with one attached hydrogen (secondary N) is 1. The second kappa shape index (κ2) is 7.34. The minimum atomic E-state index is -0.491. The largest absolute Gasteiger partial charge is 0.489 e. The Balaban J connectivity index is 1.70. The first-order chi connectivity index (χ1) is 11.9. The first-order valence-corrected chi connectivity index (χ1v) is 9.05. The average molecular weight is 341 g/mol. The molecule has 1 aliphatic carbocycles. The number of fused-ring (bicyclic) bond motifs is 1. The summed E-state index contributed by atoms with van der Waals surface area (Å²) in [7, 11) is 0. The van der Waals surface area contributed by atoms with Crippen LogP contribution in [0, 0.1) is 0 Å². The highest BCUT2D eigenvalue weighted by Gasteiger charge is 2.19. The molecule has 1 aromatic rings. The van der Waals surface area contributed by atoms with Crippen LogP contribution in [0.5, 0.6) is 5.75 Å². The van der Waals surface area contributed by atoms with Gasteiger partial charge in [-0.1, -0.05) is 18.2 Å². The highest BCUT2D eigenvalue weighted by Crippen LogP contribution is 2.35. The standard InChI is InChI=1S/C21H27NO3/c1-21(2,3)25-20(23)22-14-17-11-12-24-19-13-16(9-10-18(17)19)15-7-5-4-6-8-15/h7,9-11,13H,4-6,8,12,14H2,1-3H3,(H,22,23). The first kappa shape index (κ1) is 17.6. The monoisotopic (exact) mass is 341 g/mol. The summed E-state index contributed by atoms with van der Waals surface area (Å²) >= 11 is 0. The maximum absolute atomic E-state index is 11.9. The van der Waals surface area contributed by atoms with Crippen molar-refractivity contribution in [2.45, 2.75) is 52.1 Å². The summed E-state index contributed by atoms with van der Waals surface area (Å²) in [4.78, 5) is 11.9. The number of carbonyl (C=O) groups excluding carboxylic acids is 1. The van der Waals surface area contributed by atoms with Crippen LogP contribution in [0.3, 0.4) is 0 Å². The number of carbonyl (C=O) groups is 1. The summed E-state index contributed by atoms with van der Waals surface area (Å²) in [5.41, 5.74) is 4.29. The molecule has 3 rings (SSSR count). The lowest BCUT2D eigenvalue weighted by Crippen LogP contribution is -2.33. The summed E-state index contributed by atoms with van der Waals surface area (Å²) in [6, 6.07) is 6.39. The van der Waals surface area contributed by atoms with Crippen molar-refractivity contribution in [3.63, 3.8) is 0 Å². The summed E-state index contributed by atoms with van der Waals surface area (Å²) in [5, 5.41) is 2.83. The molecule has 1 aromatic carbocycles. The Morgan fingerprint density at radius 1 is 1.24 bits per heavy atom. The average Bonchev–Trinajstić information content (AvgIpc) is 2.58. The molecule has 1 N–H and O–H groups in total. The van der Waals surface area contributed by atoms with Crippen molar-refractivity contribution in [2.24, 2.45) is 0 Å². The number of ether oxygens (including phenoxy) is 2. The second-order valence-electron chi connectivity index (χ2n) is 7.58. The van der Waals surface area contributed by atoms with Gasteiger partial charge in [-0.3, -0.25) is 0 Å². The third kappa shape index (κ3) is 4.65. The number of allylic oxidation sites excluding steroid dienone is 2. The lowest BCUT2D eigenvalue weighted by Gasteiger charge is -2.23. The molecule has 25 heavy (non-hydrogen) atoms. The predicted octanol–water partition coefficient (Wildman–Crippen LogP) is 4.94. The van der Waals surface area contributed by atoms with E-state index in [1.807, 2.05) is 26.8 Å². The fourth-order valence-corrected chi connectivity index (χ4v) is 3.20. The van der Waals surface area contributed by atoms with E-state index in [-0.39, 0.29) is 0 Å². The van der Waals surface area contributed by atoms with Gasteiger partial charge in [0, 0.05) is 12.1 Å². The molecular weight excluding hydrogens is 314 g/mol. The molecule has 4 heteroatoms. The zero-order valence-electron chi connectivity index (χ0n) is 15.4. The SMILES string of the molecule is CC(C)(C)OC(=O)NCC1=CCOc2cc(C3=CCCCC3)ccc21. The van der Waals surface area contributed by atoms with E-state index < -0.39 is 11.7 Å². The molecule has 0 saturated carbocycles. The quantitative estimate of drug-likeness (QED) is 0.846. The summed E-state index contributed by atoms with van der Waals surface area (Å²) in [6.45, 7) is 6.54. The maximum atomic E-state index is 11.9. The van der Waals surface area contributed by atoms with Gasteiger partial charge in [-0.15, -0.1) is 0 Å². The molecule has 0 aromatic heterocycles. The van der Waals surface area contributed by atoms with Crippen LogP contribution in [0.2, 0.25) is 0 Å².